The molecule has 100 valence electrons. The number of rotatable bonds is 4. The molecule has 3 aromatic rings. The molecule has 3 rings (SSSR count). The number of aromatic nitrogens is 2. The Morgan fingerprint density at radius 3 is 2.45 bits per heavy atom. The highest BCUT2D eigenvalue weighted by atomic mass is 32.2. The van der Waals surface area contributed by atoms with Gasteiger partial charge in [-0.05, 0) is 42.2 Å². The predicted octanol–water partition coefficient (Wildman–Crippen LogP) is 3.96. The highest BCUT2D eigenvalue weighted by molar-refractivity contribution is 7.98. The average Bonchev–Trinajstić information content (AvgIpc) is 2.53. The molecule has 1 N–H and O–H groups in total. The summed E-state index contributed by atoms with van der Waals surface area (Å²) in [5.41, 5.74) is 4.16. The fraction of sp³-hybridized carbons (Fsp3) is 0.125. The summed E-state index contributed by atoms with van der Waals surface area (Å²) in [5.74, 6) is 0. The summed E-state index contributed by atoms with van der Waals surface area (Å²) in [5, 5.41) is 3.42. The maximum absolute atomic E-state index is 4.31. The van der Waals surface area contributed by atoms with Gasteiger partial charge in [0.1, 0.15) is 0 Å². The second-order valence-corrected chi connectivity index (χ2v) is 5.34. The first kappa shape index (κ1) is 12.9. The van der Waals surface area contributed by atoms with Crippen LogP contribution in [0.25, 0.3) is 11.0 Å². The van der Waals surface area contributed by atoms with E-state index in [0.29, 0.717) is 0 Å². The van der Waals surface area contributed by atoms with Crippen molar-refractivity contribution in [3.63, 3.8) is 0 Å². The van der Waals surface area contributed by atoms with E-state index in [4.69, 9.17) is 0 Å². The minimum Gasteiger partial charge on any atom is -0.381 e. The lowest BCUT2D eigenvalue weighted by Gasteiger charge is -2.07. The van der Waals surface area contributed by atoms with Gasteiger partial charge < -0.3 is 5.32 Å². The van der Waals surface area contributed by atoms with Crippen LogP contribution >= 0.6 is 11.8 Å². The van der Waals surface area contributed by atoms with Crippen molar-refractivity contribution in [2.75, 3.05) is 11.6 Å². The van der Waals surface area contributed by atoms with Crippen LogP contribution in [-0.2, 0) is 6.54 Å². The van der Waals surface area contributed by atoms with E-state index in [-0.39, 0.29) is 0 Å². The van der Waals surface area contributed by atoms with Crippen molar-refractivity contribution in [1.29, 1.82) is 0 Å². The number of fused-ring (bicyclic) bond motifs is 1. The first-order valence-corrected chi connectivity index (χ1v) is 7.65. The molecule has 1 aromatic heterocycles. The normalized spacial score (nSPS) is 10.7. The molecule has 0 saturated heterocycles. The minimum atomic E-state index is 0.806. The lowest BCUT2D eigenvalue weighted by atomic mass is 10.2. The SMILES string of the molecule is CSc1ccc(CNc2ccc3nccnc3c2)cc1. The maximum atomic E-state index is 4.31. The fourth-order valence-corrected chi connectivity index (χ4v) is 2.43. The van der Waals surface area contributed by atoms with E-state index in [1.807, 2.05) is 18.2 Å². The molecule has 0 fully saturated rings. The lowest BCUT2D eigenvalue weighted by molar-refractivity contribution is 1.14. The number of nitrogens with one attached hydrogen (secondary N) is 1. The van der Waals surface area contributed by atoms with Gasteiger partial charge in [-0.15, -0.1) is 11.8 Å². The molecule has 1 heterocycles. The topological polar surface area (TPSA) is 37.8 Å². The standard InChI is InChI=1S/C16H15N3S/c1-20-14-5-2-12(3-6-14)11-19-13-4-7-15-16(10-13)18-9-8-17-15/h2-10,19H,11H2,1H3. The third kappa shape index (κ3) is 2.91. The summed E-state index contributed by atoms with van der Waals surface area (Å²) in [4.78, 5) is 9.87. The van der Waals surface area contributed by atoms with Crippen LogP contribution in [0.1, 0.15) is 5.56 Å². The number of hydrogen-bond acceptors (Lipinski definition) is 4. The zero-order valence-corrected chi connectivity index (χ0v) is 12.0. The van der Waals surface area contributed by atoms with Crippen LogP contribution in [-0.4, -0.2) is 16.2 Å². The summed E-state index contributed by atoms with van der Waals surface area (Å²) < 4.78 is 0. The minimum absolute atomic E-state index is 0.806. The van der Waals surface area contributed by atoms with Crippen LogP contribution in [0.4, 0.5) is 5.69 Å². The van der Waals surface area contributed by atoms with Crippen LogP contribution in [0.5, 0.6) is 0 Å². The Morgan fingerprint density at radius 2 is 1.70 bits per heavy atom. The Kier molecular flexibility index (Phi) is 3.83. The summed E-state index contributed by atoms with van der Waals surface area (Å²) in [6.45, 7) is 0.806. The third-order valence-electron chi connectivity index (χ3n) is 3.13. The third-order valence-corrected chi connectivity index (χ3v) is 3.87. The number of anilines is 1. The zero-order chi connectivity index (χ0) is 13.8. The van der Waals surface area contributed by atoms with Crippen LogP contribution in [0.15, 0.2) is 59.8 Å². The van der Waals surface area contributed by atoms with Gasteiger partial charge in [0.25, 0.3) is 0 Å². The molecular formula is C16H15N3S. The second-order valence-electron chi connectivity index (χ2n) is 4.46. The molecule has 0 unspecified atom stereocenters. The smallest absolute Gasteiger partial charge is 0.0907 e. The van der Waals surface area contributed by atoms with Gasteiger partial charge in [-0.3, -0.25) is 9.97 Å². The molecule has 0 saturated carbocycles. The largest absolute Gasteiger partial charge is 0.381 e. The lowest BCUT2D eigenvalue weighted by Crippen LogP contribution is -1.99. The van der Waals surface area contributed by atoms with Crippen LogP contribution in [0, 0.1) is 0 Å². The Labute approximate surface area is 122 Å². The van der Waals surface area contributed by atoms with Gasteiger partial charge in [0.2, 0.25) is 0 Å². The summed E-state index contributed by atoms with van der Waals surface area (Å²) >= 11 is 1.76. The average molecular weight is 281 g/mol. The van der Waals surface area contributed by atoms with E-state index in [9.17, 15) is 0 Å². The molecule has 0 spiro atoms. The maximum Gasteiger partial charge on any atom is 0.0907 e. The summed E-state index contributed by atoms with van der Waals surface area (Å²) in [6, 6.07) is 14.6. The molecule has 2 aromatic carbocycles. The quantitative estimate of drug-likeness (QED) is 0.734. The number of benzene rings is 2. The van der Waals surface area contributed by atoms with Gasteiger partial charge in [0.05, 0.1) is 11.0 Å². The van der Waals surface area contributed by atoms with Crippen molar-refractivity contribution >= 4 is 28.5 Å². The van der Waals surface area contributed by atoms with Crippen molar-refractivity contribution in [2.24, 2.45) is 0 Å². The van der Waals surface area contributed by atoms with Crippen LogP contribution in [0.3, 0.4) is 0 Å². The molecule has 3 nitrogen and oxygen atoms in total. The Bertz CT molecular complexity index is 710. The molecule has 20 heavy (non-hydrogen) atoms. The number of hydrogen-bond donors (Lipinski definition) is 1. The number of nitrogens with zero attached hydrogens (tertiary/aromatic N) is 2. The monoisotopic (exact) mass is 281 g/mol. The second kappa shape index (κ2) is 5.92. The van der Waals surface area contributed by atoms with Crippen LogP contribution in [0.2, 0.25) is 0 Å². The Hall–Kier alpha value is -2.07. The fourth-order valence-electron chi connectivity index (χ4n) is 2.02. The van der Waals surface area contributed by atoms with E-state index >= 15 is 0 Å². The van der Waals surface area contributed by atoms with Gasteiger partial charge >= 0.3 is 0 Å². The van der Waals surface area contributed by atoms with Gasteiger partial charge in [-0.2, -0.15) is 0 Å². The van der Waals surface area contributed by atoms with Gasteiger partial charge in [0.15, 0.2) is 0 Å². The van der Waals surface area contributed by atoms with Crippen molar-refractivity contribution in [3.05, 3.63) is 60.4 Å². The highest BCUT2D eigenvalue weighted by Crippen LogP contribution is 2.18. The van der Waals surface area contributed by atoms with Crippen LogP contribution < -0.4 is 5.32 Å². The number of thioether (sulfide) groups is 1. The molecule has 0 aliphatic rings. The molecule has 0 bridgehead atoms. The van der Waals surface area contributed by atoms with Gasteiger partial charge in [0, 0.05) is 29.5 Å². The first-order valence-electron chi connectivity index (χ1n) is 6.43. The molecule has 0 atom stereocenters. The zero-order valence-electron chi connectivity index (χ0n) is 11.2. The van der Waals surface area contributed by atoms with Crippen molar-refractivity contribution in [2.45, 2.75) is 11.4 Å². The summed E-state index contributed by atoms with van der Waals surface area (Å²) in [7, 11) is 0. The van der Waals surface area contributed by atoms with E-state index in [2.05, 4.69) is 45.8 Å². The van der Waals surface area contributed by atoms with Gasteiger partial charge in [-0.1, -0.05) is 12.1 Å². The molecule has 0 radical (unpaired) electrons. The van der Waals surface area contributed by atoms with E-state index < -0.39 is 0 Å². The molecule has 0 aliphatic carbocycles. The van der Waals surface area contributed by atoms with E-state index in [1.165, 1.54) is 10.5 Å². The van der Waals surface area contributed by atoms with E-state index in [0.717, 1.165) is 23.3 Å². The van der Waals surface area contributed by atoms with Crippen molar-refractivity contribution in [1.82, 2.24) is 9.97 Å². The Balaban J connectivity index is 1.72. The Morgan fingerprint density at radius 1 is 0.950 bits per heavy atom. The molecule has 0 amide bonds. The van der Waals surface area contributed by atoms with Crippen molar-refractivity contribution in [3.8, 4) is 0 Å². The molecule has 4 heteroatoms. The highest BCUT2D eigenvalue weighted by Gasteiger charge is 1.98. The molecule has 0 aliphatic heterocycles. The summed E-state index contributed by atoms with van der Waals surface area (Å²) in [6.07, 6.45) is 5.51. The first-order chi connectivity index (χ1) is 9.85. The predicted molar refractivity (Wildman–Crippen MR) is 85.1 cm³/mol. The molecular weight excluding hydrogens is 266 g/mol. The van der Waals surface area contributed by atoms with E-state index in [1.54, 1.807) is 24.2 Å². The van der Waals surface area contributed by atoms with Gasteiger partial charge in [-0.25, -0.2) is 0 Å². The van der Waals surface area contributed by atoms with Crippen molar-refractivity contribution < 1.29 is 0 Å².